The fourth-order valence-corrected chi connectivity index (χ4v) is 2.15. The topological polar surface area (TPSA) is 35.2 Å². The summed E-state index contributed by atoms with van der Waals surface area (Å²) in [6.45, 7) is 6.78. The van der Waals surface area contributed by atoms with Crippen LogP contribution in [0.15, 0.2) is 42.5 Å². The second-order valence-corrected chi connectivity index (χ2v) is 4.86. The highest BCUT2D eigenvalue weighted by Crippen LogP contribution is 2.29. The van der Waals surface area contributed by atoms with Gasteiger partial charge in [-0.25, -0.2) is 0 Å². The number of hydrogen-bond acceptors (Lipinski definition) is 2. The van der Waals surface area contributed by atoms with Crippen LogP contribution in [0.25, 0.3) is 0 Å². The summed E-state index contributed by atoms with van der Waals surface area (Å²) >= 11 is 0. The van der Waals surface area contributed by atoms with Crippen LogP contribution >= 0.6 is 0 Å². The number of nitrogens with two attached hydrogens (primary N) is 1. The van der Waals surface area contributed by atoms with Crippen molar-refractivity contribution >= 4 is 0 Å². The summed E-state index contributed by atoms with van der Waals surface area (Å²) in [4.78, 5) is 0. The molecular weight excluding hydrogens is 234 g/mol. The van der Waals surface area contributed by atoms with Gasteiger partial charge in [0.25, 0.3) is 0 Å². The van der Waals surface area contributed by atoms with E-state index in [-0.39, 0.29) is 6.04 Å². The van der Waals surface area contributed by atoms with Crippen LogP contribution in [0.4, 0.5) is 0 Å². The molecule has 0 aliphatic heterocycles. The van der Waals surface area contributed by atoms with Gasteiger partial charge < -0.3 is 10.5 Å². The van der Waals surface area contributed by atoms with Crippen LogP contribution in [0.3, 0.4) is 0 Å². The van der Waals surface area contributed by atoms with E-state index in [0.717, 1.165) is 16.9 Å². The van der Waals surface area contributed by atoms with Gasteiger partial charge in [0.05, 0.1) is 12.6 Å². The summed E-state index contributed by atoms with van der Waals surface area (Å²) in [5, 5.41) is 0. The summed E-state index contributed by atoms with van der Waals surface area (Å²) in [5.74, 6) is 0.876. The van der Waals surface area contributed by atoms with Crippen molar-refractivity contribution in [3.05, 3.63) is 64.7 Å². The Morgan fingerprint density at radius 1 is 1.00 bits per heavy atom. The van der Waals surface area contributed by atoms with Crippen molar-refractivity contribution in [1.29, 1.82) is 0 Å². The highest BCUT2D eigenvalue weighted by atomic mass is 16.5. The molecule has 0 saturated carbocycles. The zero-order valence-corrected chi connectivity index (χ0v) is 11.8. The van der Waals surface area contributed by atoms with Gasteiger partial charge in [-0.15, -0.1) is 0 Å². The van der Waals surface area contributed by atoms with Crippen LogP contribution in [0.1, 0.15) is 35.2 Å². The van der Waals surface area contributed by atoms with E-state index in [0.29, 0.717) is 6.61 Å². The predicted molar refractivity (Wildman–Crippen MR) is 79.6 cm³/mol. The summed E-state index contributed by atoms with van der Waals surface area (Å²) < 4.78 is 5.68. The van der Waals surface area contributed by atoms with Crippen LogP contribution in [-0.4, -0.2) is 6.61 Å². The van der Waals surface area contributed by atoms with Crippen molar-refractivity contribution in [3.63, 3.8) is 0 Å². The fraction of sp³-hybridized carbons (Fsp3) is 0.294. The predicted octanol–water partition coefficient (Wildman–Crippen LogP) is 3.75. The van der Waals surface area contributed by atoms with Crippen LogP contribution in [0.5, 0.6) is 5.75 Å². The van der Waals surface area contributed by atoms with Crippen molar-refractivity contribution in [2.24, 2.45) is 5.73 Å². The molecule has 0 radical (unpaired) electrons. The molecule has 0 spiro atoms. The molecule has 0 saturated heterocycles. The number of ether oxygens (including phenoxy) is 1. The number of benzene rings is 2. The van der Waals surface area contributed by atoms with E-state index in [1.807, 2.05) is 13.0 Å². The van der Waals surface area contributed by atoms with Gasteiger partial charge in [0.15, 0.2) is 0 Å². The molecule has 1 unspecified atom stereocenters. The normalized spacial score (nSPS) is 12.2. The fourth-order valence-electron chi connectivity index (χ4n) is 2.15. The van der Waals surface area contributed by atoms with Crippen molar-refractivity contribution in [3.8, 4) is 5.75 Å². The van der Waals surface area contributed by atoms with Gasteiger partial charge >= 0.3 is 0 Å². The lowest BCUT2D eigenvalue weighted by Crippen LogP contribution is -2.13. The second-order valence-electron chi connectivity index (χ2n) is 4.86. The molecule has 19 heavy (non-hydrogen) atoms. The third-order valence-electron chi connectivity index (χ3n) is 3.24. The molecule has 2 N–H and O–H groups in total. The molecule has 0 amide bonds. The van der Waals surface area contributed by atoms with Gasteiger partial charge in [-0.05, 0) is 32.4 Å². The molecule has 0 heterocycles. The molecule has 2 aromatic rings. The van der Waals surface area contributed by atoms with Gasteiger partial charge in [-0.3, -0.25) is 0 Å². The number of hydrogen-bond donors (Lipinski definition) is 1. The molecule has 2 heteroatoms. The lowest BCUT2D eigenvalue weighted by Gasteiger charge is -2.18. The highest BCUT2D eigenvalue weighted by Gasteiger charge is 2.14. The van der Waals surface area contributed by atoms with E-state index in [2.05, 4.69) is 50.2 Å². The van der Waals surface area contributed by atoms with Gasteiger partial charge in [-0.1, -0.05) is 47.5 Å². The third-order valence-corrected chi connectivity index (χ3v) is 3.24. The minimum absolute atomic E-state index is 0.151. The summed E-state index contributed by atoms with van der Waals surface area (Å²) in [6.07, 6.45) is 0. The van der Waals surface area contributed by atoms with Gasteiger partial charge in [0.1, 0.15) is 5.75 Å². The monoisotopic (exact) mass is 255 g/mol. The lowest BCUT2D eigenvalue weighted by molar-refractivity contribution is 0.335. The Morgan fingerprint density at radius 3 is 2.26 bits per heavy atom. The first kappa shape index (κ1) is 13.6. The molecule has 0 aliphatic rings. The highest BCUT2D eigenvalue weighted by molar-refractivity contribution is 5.43. The first-order chi connectivity index (χ1) is 9.11. The molecule has 0 fully saturated rings. The Bertz CT molecular complexity index is 546. The van der Waals surface area contributed by atoms with E-state index >= 15 is 0 Å². The maximum absolute atomic E-state index is 6.39. The lowest BCUT2D eigenvalue weighted by atomic mass is 9.96. The first-order valence-corrected chi connectivity index (χ1v) is 6.67. The maximum Gasteiger partial charge on any atom is 0.124 e. The van der Waals surface area contributed by atoms with Crippen molar-refractivity contribution < 1.29 is 4.74 Å². The molecular formula is C17H21NO. The Morgan fingerprint density at radius 2 is 1.63 bits per heavy atom. The van der Waals surface area contributed by atoms with E-state index in [1.54, 1.807) is 0 Å². The molecule has 0 aromatic heterocycles. The van der Waals surface area contributed by atoms with Crippen molar-refractivity contribution in [2.45, 2.75) is 26.8 Å². The number of rotatable bonds is 4. The minimum Gasteiger partial charge on any atom is -0.494 e. The molecule has 100 valence electrons. The van der Waals surface area contributed by atoms with Gasteiger partial charge in [-0.2, -0.15) is 0 Å². The number of aryl methyl sites for hydroxylation is 2. The molecule has 0 bridgehead atoms. The van der Waals surface area contributed by atoms with Crippen molar-refractivity contribution in [2.75, 3.05) is 6.61 Å². The van der Waals surface area contributed by atoms with Crippen LogP contribution in [-0.2, 0) is 0 Å². The summed E-state index contributed by atoms with van der Waals surface area (Å²) in [7, 11) is 0. The Balaban J connectivity index is 2.39. The standard InChI is InChI=1S/C17H21NO/c1-4-19-16-10-7-13(3)11-15(16)17(18)14-8-5-12(2)6-9-14/h5-11,17H,4,18H2,1-3H3. The average molecular weight is 255 g/mol. The van der Waals surface area contributed by atoms with Crippen LogP contribution < -0.4 is 10.5 Å². The SMILES string of the molecule is CCOc1ccc(C)cc1C(N)c1ccc(C)cc1. The largest absolute Gasteiger partial charge is 0.494 e. The molecule has 1 atom stereocenters. The zero-order chi connectivity index (χ0) is 13.8. The smallest absolute Gasteiger partial charge is 0.124 e. The van der Waals surface area contributed by atoms with Crippen molar-refractivity contribution in [1.82, 2.24) is 0 Å². The zero-order valence-electron chi connectivity index (χ0n) is 11.8. The van der Waals surface area contributed by atoms with Crippen LogP contribution in [0.2, 0.25) is 0 Å². The Labute approximate surface area is 115 Å². The molecule has 2 nitrogen and oxygen atoms in total. The second kappa shape index (κ2) is 5.89. The summed E-state index contributed by atoms with van der Waals surface area (Å²) in [6, 6.07) is 14.4. The molecule has 0 aliphatic carbocycles. The van der Waals surface area contributed by atoms with Crippen LogP contribution in [0, 0.1) is 13.8 Å². The van der Waals surface area contributed by atoms with Gasteiger partial charge in [0.2, 0.25) is 0 Å². The van der Waals surface area contributed by atoms with E-state index in [1.165, 1.54) is 11.1 Å². The van der Waals surface area contributed by atoms with E-state index in [9.17, 15) is 0 Å². The minimum atomic E-state index is -0.151. The molecule has 2 aromatic carbocycles. The average Bonchev–Trinajstić information content (AvgIpc) is 2.41. The van der Waals surface area contributed by atoms with Gasteiger partial charge in [0, 0.05) is 5.56 Å². The van der Waals surface area contributed by atoms with E-state index in [4.69, 9.17) is 10.5 Å². The summed E-state index contributed by atoms with van der Waals surface area (Å²) in [5.41, 5.74) is 11.0. The van der Waals surface area contributed by atoms with E-state index < -0.39 is 0 Å². The Kier molecular flexibility index (Phi) is 4.23. The third kappa shape index (κ3) is 3.15. The first-order valence-electron chi connectivity index (χ1n) is 6.67. The quantitative estimate of drug-likeness (QED) is 0.903. The Hall–Kier alpha value is -1.80. The molecule has 2 rings (SSSR count). The maximum atomic E-state index is 6.39.